The van der Waals surface area contributed by atoms with E-state index >= 15 is 0 Å². The van der Waals surface area contributed by atoms with Crippen LogP contribution in [0.25, 0.3) is 0 Å². The number of hydrogen-bond acceptors (Lipinski definition) is 3. The van der Waals surface area contributed by atoms with Gasteiger partial charge in [0.1, 0.15) is 0 Å². The summed E-state index contributed by atoms with van der Waals surface area (Å²) < 4.78 is 1.72. The monoisotopic (exact) mass is 355 g/mol. The van der Waals surface area contributed by atoms with Crippen LogP contribution in [0.3, 0.4) is 0 Å². The van der Waals surface area contributed by atoms with Crippen molar-refractivity contribution in [2.45, 2.75) is 38.6 Å². The zero-order valence-electron chi connectivity index (χ0n) is 15.2. The van der Waals surface area contributed by atoms with E-state index in [2.05, 4.69) is 18.9 Å². The maximum absolute atomic E-state index is 13.1. The van der Waals surface area contributed by atoms with Crippen LogP contribution < -0.4 is 0 Å². The third kappa shape index (κ3) is 3.79. The molecular formula is C20H25N3O3. The smallest absolute Gasteiger partial charge is 0.338 e. The molecule has 6 heteroatoms. The summed E-state index contributed by atoms with van der Waals surface area (Å²) in [5.41, 5.74) is 1.26. The number of amides is 1. The van der Waals surface area contributed by atoms with Gasteiger partial charge < -0.3 is 10.0 Å². The number of aromatic carboxylic acids is 1. The van der Waals surface area contributed by atoms with Gasteiger partial charge in [-0.2, -0.15) is 5.10 Å². The lowest BCUT2D eigenvalue weighted by atomic mass is 9.86. The first-order chi connectivity index (χ1) is 12.5. The molecule has 1 aliphatic rings. The third-order valence-electron chi connectivity index (χ3n) is 5.09. The van der Waals surface area contributed by atoms with E-state index in [9.17, 15) is 9.59 Å². The number of carbonyl (C=O) groups excluding carboxylic acids is 1. The molecule has 0 spiro atoms. The maximum atomic E-state index is 13.1. The molecular weight excluding hydrogens is 330 g/mol. The molecule has 1 amide bonds. The number of likely N-dealkylation sites (tertiary alicyclic amines) is 1. The molecule has 0 aliphatic carbocycles. The second-order valence-electron chi connectivity index (χ2n) is 7.20. The molecule has 0 bridgehead atoms. The van der Waals surface area contributed by atoms with E-state index < -0.39 is 5.97 Å². The number of aromatic nitrogens is 2. The summed E-state index contributed by atoms with van der Waals surface area (Å²) >= 11 is 0. The van der Waals surface area contributed by atoms with Crippen molar-refractivity contribution in [3.63, 3.8) is 0 Å². The average molecular weight is 355 g/mol. The molecule has 1 aromatic carbocycles. The van der Waals surface area contributed by atoms with Crippen molar-refractivity contribution in [3.05, 3.63) is 53.9 Å². The van der Waals surface area contributed by atoms with Crippen LogP contribution >= 0.6 is 0 Å². The lowest BCUT2D eigenvalue weighted by Crippen LogP contribution is -2.42. The molecule has 1 aliphatic heterocycles. The van der Waals surface area contributed by atoms with Crippen LogP contribution in [0.2, 0.25) is 0 Å². The third-order valence-corrected chi connectivity index (χ3v) is 5.09. The van der Waals surface area contributed by atoms with Crippen LogP contribution in [0.5, 0.6) is 0 Å². The molecule has 26 heavy (non-hydrogen) atoms. The van der Waals surface area contributed by atoms with Gasteiger partial charge in [-0.25, -0.2) is 4.79 Å². The standard InChI is InChI=1S/C20H25N3O3/c1-14(2)18(15-6-4-3-5-7-15)19(24)22-10-8-17(9-11-22)23-13-16(12-21-23)20(25)26/h3-7,12-14,17-18H,8-11H2,1-2H3,(H,25,26). The van der Waals surface area contributed by atoms with Crippen molar-refractivity contribution in [1.82, 2.24) is 14.7 Å². The zero-order valence-corrected chi connectivity index (χ0v) is 15.2. The first kappa shape index (κ1) is 18.2. The Balaban J connectivity index is 1.66. The first-order valence-corrected chi connectivity index (χ1v) is 9.08. The van der Waals surface area contributed by atoms with E-state index in [0.29, 0.717) is 13.1 Å². The number of carboxylic acids is 1. The van der Waals surface area contributed by atoms with Gasteiger partial charge in [-0.05, 0) is 24.3 Å². The fraction of sp³-hybridized carbons (Fsp3) is 0.450. The highest BCUT2D eigenvalue weighted by Crippen LogP contribution is 2.30. The Morgan fingerprint density at radius 3 is 2.35 bits per heavy atom. The van der Waals surface area contributed by atoms with Gasteiger partial charge in [0.15, 0.2) is 0 Å². The topological polar surface area (TPSA) is 75.4 Å². The van der Waals surface area contributed by atoms with Crippen LogP contribution in [-0.4, -0.2) is 44.8 Å². The van der Waals surface area contributed by atoms with E-state index in [1.807, 2.05) is 35.2 Å². The van der Waals surface area contributed by atoms with Crippen LogP contribution in [0.4, 0.5) is 0 Å². The van der Waals surface area contributed by atoms with Gasteiger partial charge in [0.05, 0.1) is 23.7 Å². The minimum Gasteiger partial charge on any atom is -0.478 e. The predicted molar refractivity (Wildman–Crippen MR) is 98.1 cm³/mol. The number of carbonyl (C=O) groups is 2. The van der Waals surface area contributed by atoms with Gasteiger partial charge in [0, 0.05) is 19.3 Å². The van der Waals surface area contributed by atoms with Crippen molar-refractivity contribution in [1.29, 1.82) is 0 Å². The molecule has 6 nitrogen and oxygen atoms in total. The molecule has 2 heterocycles. The van der Waals surface area contributed by atoms with E-state index in [1.165, 1.54) is 6.20 Å². The Morgan fingerprint density at radius 1 is 1.15 bits per heavy atom. The largest absolute Gasteiger partial charge is 0.478 e. The summed E-state index contributed by atoms with van der Waals surface area (Å²) in [4.78, 5) is 26.0. The van der Waals surface area contributed by atoms with Crippen molar-refractivity contribution in [2.75, 3.05) is 13.1 Å². The van der Waals surface area contributed by atoms with Crippen LogP contribution in [0.1, 0.15) is 54.6 Å². The first-order valence-electron chi connectivity index (χ1n) is 9.08. The minimum absolute atomic E-state index is 0.129. The molecule has 1 atom stereocenters. The average Bonchev–Trinajstić information content (AvgIpc) is 3.13. The predicted octanol–water partition coefficient (Wildman–Crippen LogP) is 3.18. The summed E-state index contributed by atoms with van der Waals surface area (Å²) in [6.07, 6.45) is 4.52. The van der Waals surface area contributed by atoms with E-state index in [-0.39, 0.29) is 29.3 Å². The summed E-state index contributed by atoms with van der Waals surface area (Å²) in [7, 11) is 0. The molecule has 2 aromatic rings. The fourth-order valence-electron chi connectivity index (χ4n) is 3.67. The number of nitrogens with zero attached hydrogens (tertiary/aromatic N) is 3. The Bertz CT molecular complexity index is 762. The van der Waals surface area contributed by atoms with Gasteiger partial charge >= 0.3 is 5.97 Å². The van der Waals surface area contributed by atoms with Crippen LogP contribution in [0.15, 0.2) is 42.7 Å². The van der Waals surface area contributed by atoms with Crippen molar-refractivity contribution in [2.24, 2.45) is 5.92 Å². The summed E-state index contributed by atoms with van der Waals surface area (Å²) in [5, 5.41) is 13.2. The highest BCUT2D eigenvalue weighted by molar-refractivity contribution is 5.86. The molecule has 3 rings (SSSR count). The number of rotatable bonds is 5. The minimum atomic E-state index is -0.966. The highest BCUT2D eigenvalue weighted by Gasteiger charge is 2.31. The number of hydrogen-bond donors (Lipinski definition) is 1. The fourth-order valence-corrected chi connectivity index (χ4v) is 3.67. The number of benzene rings is 1. The molecule has 138 valence electrons. The quantitative estimate of drug-likeness (QED) is 0.894. The zero-order chi connectivity index (χ0) is 18.7. The summed E-state index contributed by atoms with van der Waals surface area (Å²) in [6.45, 7) is 5.50. The number of carboxylic acid groups (broad SMARTS) is 1. The van der Waals surface area contributed by atoms with Crippen molar-refractivity contribution >= 4 is 11.9 Å². The Kier molecular flexibility index (Phi) is 5.40. The van der Waals surface area contributed by atoms with Crippen molar-refractivity contribution < 1.29 is 14.7 Å². The van der Waals surface area contributed by atoms with Crippen LogP contribution in [0, 0.1) is 5.92 Å². The summed E-state index contributed by atoms with van der Waals surface area (Å²) in [5.74, 6) is -0.689. The molecule has 1 N–H and O–H groups in total. The molecule has 1 fully saturated rings. The van der Waals surface area contributed by atoms with Crippen LogP contribution in [-0.2, 0) is 4.79 Å². The van der Waals surface area contributed by atoms with E-state index in [4.69, 9.17) is 5.11 Å². The van der Waals surface area contributed by atoms with E-state index in [0.717, 1.165) is 18.4 Å². The SMILES string of the molecule is CC(C)C(C(=O)N1CCC(n2cc(C(=O)O)cn2)CC1)c1ccccc1. The van der Waals surface area contributed by atoms with Crippen molar-refractivity contribution in [3.8, 4) is 0 Å². The van der Waals surface area contributed by atoms with E-state index in [1.54, 1.807) is 10.9 Å². The van der Waals surface area contributed by atoms with Gasteiger partial charge in [-0.15, -0.1) is 0 Å². The van der Waals surface area contributed by atoms with Gasteiger partial charge in [0.25, 0.3) is 0 Å². The number of piperidine rings is 1. The maximum Gasteiger partial charge on any atom is 0.338 e. The van der Waals surface area contributed by atoms with Gasteiger partial charge in [-0.3, -0.25) is 9.48 Å². The molecule has 1 unspecified atom stereocenters. The molecule has 1 saturated heterocycles. The van der Waals surface area contributed by atoms with Gasteiger partial charge in [0.2, 0.25) is 5.91 Å². The Hall–Kier alpha value is -2.63. The Labute approximate surface area is 153 Å². The second-order valence-corrected chi connectivity index (χ2v) is 7.20. The molecule has 0 saturated carbocycles. The highest BCUT2D eigenvalue weighted by atomic mass is 16.4. The lowest BCUT2D eigenvalue weighted by Gasteiger charge is -2.35. The summed E-state index contributed by atoms with van der Waals surface area (Å²) in [6, 6.07) is 10.1. The molecule has 1 aromatic heterocycles. The van der Waals surface area contributed by atoms with Gasteiger partial charge in [-0.1, -0.05) is 44.2 Å². The second kappa shape index (κ2) is 7.72. The lowest BCUT2D eigenvalue weighted by molar-refractivity contribution is -0.135. The Morgan fingerprint density at radius 2 is 1.81 bits per heavy atom. The normalized spacial score (nSPS) is 16.7. The molecule has 0 radical (unpaired) electrons.